The van der Waals surface area contributed by atoms with E-state index in [9.17, 15) is 24.5 Å². The van der Waals surface area contributed by atoms with Crippen molar-refractivity contribution in [1.82, 2.24) is 10.3 Å². The summed E-state index contributed by atoms with van der Waals surface area (Å²) < 4.78 is 4.58. The first-order valence-electron chi connectivity index (χ1n) is 8.75. The Hall–Kier alpha value is -3.64. The van der Waals surface area contributed by atoms with E-state index in [1.807, 2.05) is 12.1 Å². The first kappa shape index (κ1) is 22.1. The number of hydrogen-bond donors (Lipinski definition) is 2. The van der Waals surface area contributed by atoms with Crippen LogP contribution >= 0.6 is 22.7 Å². The summed E-state index contributed by atoms with van der Waals surface area (Å²) in [5, 5.41) is 18.5. The number of amides is 2. The minimum absolute atomic E-state index is 0.0694. The van der Waals surface area contributed by atoms with Crippen molar-refractivity contribution < 1.29 is 24.0 Å². The molecular weight excluding hydrogens is 444 g/mol. The molecule has 0 atom stereocenters. The molecule has 0 aliphatic rings. The zero-order valence-electron chi connectivity index (χ0n) is 16.3. The third-order valence-electron chi connectivity index (χ3n) is 3.96. The molecule has 0 bridgehead atoms. The number of anilines is 1. The molecule has 2 heterocycles. The van der Waals surface area contributed by atoms with E-state index < -0.39 is 22.5 Å². The van der Waals surface area contributed by atoms with E-state index in [2.05, 4.69) is 20.4 Å². The highest BCUT2D eigenvalue weighted by molar-refractivity contribution is 7.17. The quantitative estimate of drug-likeness (QED) is 0.312. The Morgan fingerprint density at radius 2 is 1.94 bits per heavy atom. The molecule has 0 radical (unpaired) electrons. The molecule has 0 saturated heterocycles. The fourth-order valence-electron chi connectivity index (χ4n) is 2.52. The third kappa shape index (κ3) is 5.49. The molecule has 31 heavy (non-hydrogen) atoms. The molecule has 0 aliphatic heterocycles. The van der Waals surface area contributed by atoms with Gasteiger partial charge in [-0.25, -0.2) is 9.78 Å². The second kappa shape index (κ2) is 9.45. The first-order chi connectivity index (χ1) is 14.8. The number of nitrogens with zero attached hydrogens (tertiary/aromatic N) is 2. The summed E-state index contributed by atoms with van der Waals surface area (Å²) >= 11 is 2.65. The second-order valence-electron chi connectivity index (χ2n) is 6.18. The van der Waals surface area contributed by atoms with Gasteiger partial charge >= 0.3 is 5.97 Å². The molecule has 2 aromatic heterocycles. The smallest absolute Gasteiger partial charge is 0.338 e. The number of aromatic nitrogens is 1. The lowest BCUT2D eigenvalue weighted by atomic mass is 10.1. The summed E-state index contributed by atoms with van der Waals surface area (Å²) in [4.78, 5) is 52.0. The number of esters is 1. The molecule has 3 aromatic rings. The summed E-state index contributed by atoms with van der Waals surface area (Å²) in [6.07, 6.45) is 0. The van der Waals surface area contributed by atoms with Gasteiger partial charge in [-0.15, -0.1) is 22.7 Å². The van der Waals surface area contributed by atoms with Crippen LogP contribution < -0.4 is 10.6 Å². The molecule has 3 rings (SSSR count). The molecule has 12 heteroatoms. The fourth-order valence-corrected chi connectivity index (χ4v) is 4.21. The van der Waals surface area contributed by atoms with Crippen LogP contribution in [-0.4, -0.2) is 34.8 Å². The summed E-state index contributed by atoms with van der Waals surface area (Å²) in [6.45, 7) is 1.86. The van der Waals surface area contributed by atoms with Crippen LogP contribution in [0.15, 0.2) is 35.7 Å². The Morgan fingerprint density at radius 3 is 2.61 bits per heavy atom. The second-order valence-corrected chi connectivity index (χ2v) is 8.21. The van der Waals surface area contributed by atoms with Gasteiger partial charge in [-0.2, -0.15) is 0 Å². The maximum atomic E-state index is 12.6. The highest BCUT2D eigenvalue weighted by Crippen LogP contribution is 2.31. The molecule has 0 fully saturated rings. The van der Waals surface area contributed by atoms with Crippen LogP contribution in [0, 0.1) is 10.1 Å². The van der Waals surface area contributed by atoms with Gasteiger partial charge in [-0.1, -0.05) is 0 Å². The lowest BCUT2D eigenvalue weighted by molar-refractivity contribution is -0.384. The molecule has 2 amide bonds. The van der Waals surface area contributed by atoms with E-state index in [0.717, 1.165) is 29.0 Å². The van der Waals surface area contributed by atoms with Gasteiger partial charge in [0, 0.05) is 34.9 Å². The highest BCUT2D eigenvalue weighted by atomic mass is 32.1. The van der Waals surface area contributed by atoms with E-state index in [0.29, 0.717) is 17.4 Å². The molecule has 0 aliphatic carbocycles. The molecule has 10 nitrogen and oxygen atoms in total. The summed E-state index contributed by atoms with van der Waals surface area (Å²) in [6, 6.07) is 7.08. The van der Waals surface area contributed by atoms with Gasteiger partial charge in [0.15, 0.2) is 5.13 Å². The number of carbonyl (C=O) groups is 3. The van der Waals surface area contributed by atoms with Crippen LogP contribution in [0.3, 0.4) is 0 Å². The number of rotatable bonds is 7. The fraction of sp³-hybridized carbons (Fsp3) is 0.158. The predicted octanol–water partition coefficient (Wildman–Crippen LogP) is 3.45. The number of nitro groups is 1. The van der Waals surface area contributed by atoms with Crippen molar-refractivity contribution in [3.05, 3.63) is 61.8 Å². The SMILES string of the molecule is COC(=O)c1cc(C(=O)Nc2nc(-c3ccc(CNC(C)=O)s3)cs2)cc([N+](=O)[O-])c1. The van der Waals surface area contributed by atoms with Crippen molar-refractivity contribution in [1.29, 1.82) is 0 Å². The maximum Gasteiger partial charge on any atom is 0.338 e. The molecule has 0 unspecified atom stereocenters. The molecule has 2 N–H and O–H groups in total. The van der Waals surface area contributed by atoms with Crippen LogP contribution in [0.5, 0.6) is 0 Å². The number of ether oxygens (including phenoxy) is 1. The van der Waals surface area contributed by atoms with Crippen LogP contribution in [0.2, 0.25) is 0 Å². The van der Waals surface area contributed by atoms with Crippen molar-refractivity contribution in [2.24, 2.45) is 0 Å². The number of methoxy groups -OCH3 is 1. The monoisotopic (exact) mass is 460 g/mol. The Morgan fingerprint density at radius 1 is 1.19 bits per heavy atom. The Labute approximate surface area is 184 Å². The zero-order valence-corrected chi connectivity index (χ0v) is 18.0. The summed E-state index contributed by atoms with van der Waals surface area (Å²) in [5.74, 6) is -1.56. The van der Waals surface area contributed by atoms with Gasteiger partial charge in [-0.3, -0.25) is 25.0 Å². The number of carbonyl (C=O) groups excluding carboxylic acids is 3. The van der Waals surface area contributed by atoms with Gasteiger partial charge in [0.2, 0.25) is 5.91 Å². The van der Waals surface area contributed by atoms with E-state index in [4.69, 9.17) is 0 Å². The third-order valence-corrected chi connectivity index (χ3v) is 5.83. The van der Waals surface area contributed by atoms with Crippen molar-refractivity contribution in [2.75, 3.05) is 12.4 Å². The minimum atomic E-state index is -0.790. The van der Waals surface area contributed by atoms with Crippen LogP contribution in [0.1, 0.15) is 32.5 Å². The van der Waals surface area contributed by atoms with Gasteiger partial charge in [-0.05, 0) is 18.2 Å². The van der Waals surface area contributed by atoms with E-state index in [1.165, 1.54) is 35.7 Å². The summed E-state index contributed by atoms with van der Waals surface area (Å²) in [7, 11) is 1.14. The van der Waals surface area contributed by atoms with E-state index in [-0.39, 0.29) is 17.0 Å². The molecule has 0 saturated carbocycles. The maximum absolute atomic E-state index is 12.6. The van der Waals surface area contributed by atoms with E-state index >= 15 is 0 Å². The topological polar surface area (TPSA) is 141 Å². The molecule has 160 valence electrons. The van der Waals surface area contributed by atoms with Crippen molar-refractivity contribution in [3.8, 4) is 10.6 Å². The first-order valence-corrected chi connectivity index (χ1v) is 10.4. The number of benzene rings is 1. The Kier molecular flexibility index (Phi) is 6.72. The van der Waals surface area contributed by atoms with Gasteiger partial charge in [0.1, 0.15) is 0 Å². The lowest BCUT2D eigenvalue weighted by Crippen LogP contribution is -2.17. The molecule has 1 aromatic carbocycles. The molecular formula is C19H16N4O6S2. The number of non-ortho nitro benzene ring substituents is 1. The molecule has 0 spiro atoms. The average molecular weight is 460 g/mol. The van der Waals surface area contributed by atoms with Crippen LogP contribution in [-0.2, 0) is 16.1 Å². The largest absolute Gasteiger partial charge is 0.465 e. The van der Waals surface area contributed by atoms with Crippen molar-refractivity contribution >= 4 is 51.3 Å². The number of nitrogens with one attached hydrogen (secondary N) is 2. The average Bonchev–Trinajstić information content (AvgIpc) is 3.40. The summed E-state index contributed by atoms with van der Waals surface area (Å²) in [5.41, 5.74) is 0.0684. The van der Waals surface area contributed by atoms with Gasteiger partial charge < -0.3 is 10.1 Å². The number of nitro benzene ring substituents is 1. The van der Waals surface area contributed by atoms with Crippen molar-refractivity contribution in [2.45, 2.75) is 13.5 Å². The minimum Gasteiger partial charge on any atom is -0.465 e. The normalized spacial score (nSPS) is 10.4. The number of hydrogen-bond acceptors (Lipinski definition) is 9. The van der Waals surface area contributed by atoms with E-state index in [1.54, 1.807) is 5.38 Å². The van der Waals surface area contributed by atoms with Crippen molar-refractivity contribution in [3.63, 3.8) is 0 Å². The zero-order chi connectivity index (χ0) is 22.5. The van der Waals surface area contributed by atoms with Crippen LogP contribution in [0.4, 0.5) is 10.8 Å². The predicted molar refractivity (Wildman–Crippen MR) is 115 cm³/mol. The number of thiophene rings is 1. The highest BCUT2D eigenvalue weighted by Gasteiger charge is 2.19. The Bertz CT molecular complexity index is 1170. The lowest BCUT2D eigenvalue weighted by Gasteiger charge is -2.05. The van der Waals surface area contributed by atoms with Gasteiger partial charge in [0.05, 0.1) is 34.7 Å². The number of thiazole rings is 1. The van der Waals surface area contributed by atoms with Crippen LogP contribution in [0.25, 0.3) is 10.6 Å². The standard InChI is InChI=1S/C19H16N4O6S2/c1-10(24)20-8-14-3-4-16(31-14)15-9-30-19(21-15)22-17(25)11-5-12(18(26)29-2)7-13(6-11)23(27)28/h3-7,9H,8H2,1-2H3,(H,20,24)(H,21,22,25). The van der Waals surface area contributed by atoms with Gasteiger partial charge in [0.25, 0.3) is 11.6 Å². The Balaban J connectivity index is 1.77.